The van der Waals surface area contributed by atoms with E-state index in [9.17, 15) is 4.79 Å². The molecule has 0 bridgehead atoms. The summed E-state index contributed by atoms with van der Waals surface area (Å²) < 4.78 is 5.20. The summed E-state index contributed by atoms with van der Waals surface area (Å²) in [4.78, 5) is 10.8. The highest BCUT2D eigenvalue weighted by Gasteiger charge is 2.02. The first-order valence-corrected chi connectivity index (χ1v) is 5.96. The molecule has 2 N–H and O–H groups in total. The van der Waals surface area contributed by atoms with Crippen LogP contribution in [0.4, 0.5) is 5.69 Å². The predicted molar refractivity (Wildman–Crippen MR) is 77.6 cm³/mol. The van der Waals surface area contributed by atoms with Gasteiger partial charge in [-0.1, -0.05) is 18.2 Å². The maximum absolute atomic E-state index is 10.8. The van der Waals surface area contributed by atoms with Gasteiger partial charge in [-0.3, -0.25) is 5.43 Å². The van der Waals surface area contributed by atoms with Crippen LogP contribution in [0.15, 0.2) is 53.6 Å². The molecule has 0 heterocycles. The van der Waals surface area contributed by atoms with Crippen LogP contribution in [0.5, 0.6) is 5.75 Å². The Kier molecular flexibility index (Phi) is 4.34. The number of rotatable bonds is 5. The first-order valence-electron chi connectivity index (χ1n) is 5.96. The summed E-state index contributed by atoms with van der Waals surface area (Å²) in [5, 5.41) is 13.0. The SMILES string of the molecule is COc1ccccc1/C=N/Nc1cccc(C(=O)O)c1. The number of anilines is 1. The molecule has 0 aliphatic carbocycles. The van der Waals surface area contributed by atoms with E-state index in [0.717, 1.165) is 11.3 Å². The van der Waals surface area contributed by atoms with Crippen LogP contribution in [-0.4, -0.2) is 24.4 Å². The molecule has 0 spiro atoms. The summed E-state index contributed by atoms with van der Waals surface area (Å²) in [6.45, 7) is 0. The normalized spacial score (nSPS) is 10.4. The summed E-state index contributed by atoms with van der Waals surface area (Å²) >= 11 is 0. The van der Waals surface area contributed by atoms with Crippen LogP contribution < -0.4 is 10.2 Å². The largest absolute Gasteiger partial charge is 0.496 e. The second-order valence-corrected chi connectivity index (χ2v) is 4.00. The third-order valence-electron chi connectivity index (χ3n) is 2.65. The molecule has 2 aromatic rings. The number of hydrogen-bond acceptors (Lipinski definition) is 4. The molecule has 0 aliphatic heterocycles. The Morgan fingerprint density at radius 3 is 2.80 bits per heavy atom. The fourth-order valence-electron chi connectivity index (χ4n) is 1.67. The van der Waals surface area contributed by atoms with Crippen LogP contribution in [0.25, 0.3) is 0 Å². The van der Waals surface area contributed by atoms with Crippen LogP contribution in [0.1, 0.15) is 15.9 Å². The van der Waals surface area contributed by atoms with E-state index < -0.39 is 5.97 Å². The van der Waals surface area contributed by atoms with Gasteiger partial charge in [0.05, 0.1) is 24.6 Å². The number of carboxylic acids is 1. The Hall–Kier alpha value is -2.82. The summed E-state index contributed by atoms with van der Waals surface area (Å²) in [6.07, 6.45) is 1.62. The average molecular weight is 270 g/mol. The number of hydrogen-bond donors (Lipinski definition) is 2. The van der Waals surface area contributed by atoms with Crippen LogP contribution in [-0.2, 0) is 0 Å². The molecule has 0 atom stereocenters. The lowest BCUT2D eigenvalue weighted by Gasteiger charge is -2.04. The Morgan fingerprint density at radius 1 is 1.25 bits per heavy atom. The number of ether oxygens (including phenoxy) is 1. The van der Waals surface area contributed by atoms with Crippen LogP contribution in [0.3, 0.4) is 0 Å². The summed E-state index contributed by atoms with van der Waals surface area (Å²) in [6, 6.07) is 13.9. The molecule has 5 nitrogen and oxygen atoms in total. The quantitative estimate of drug-likeness (QED) is 0.647. The Morgan fingerprint density at radius 2 is 2.05 bits per heavy atom. The van der Waals surface area contributed by atoms with Gasteiger partial charge in [-0.05, 0) is 30.3 Å². The van der Waals surface area contributed by atoms with Crippen molar-refractivity contribution in [3.05, 3.63) is 59.7 Å². The first kappa shape index (κ1) is 13.6. The third-order valence-corrected chi connectivity index (χ3v) is 2.65. The molecule has 0 saturated carbocycles. The zero-order chi connectivity index (χ0) is 14.4. The second-order valence-electron chi connectivity index (χ2n) is 4.00. The van der Waals surface area contributed by atoms with E-state index >= 15 is 0 Å². The molecule has 2 rings (SSSR count). The van der Waals surface area contributed by atoms with Crippen molar-refractivity contribution in [3.8, 4) is 5.75 Å². The van der Waals surface area contributed by atoms with Crippen molar-refractivity contribution in [2.45, 2.75) is 0 Å². The summed E-state index contributed by atoms with van der Waals surface area (Å²) in [5.41, 5.74) is 4.44. The minimum atomic E-state index is -0.970. The molecular weight excluding hydrogens is 256 g/mol. The summed E-state index contributed by atoms with van der Waals surface area (Å²) in [7, 11) is 1.59. The molecule has 0 fully saturated rings. The van der Waals surface area contributed by atoms with E-state index in [4.69, 9.17) is 9.84 Å². The number of nitrogens with zero attached hydrogens (tertiary/aromatic N) is 1. The molecule has 0 radical (unpaired) electrons. The number of benzene rings is 2. The second kappa shape index (κ2) is 6.38. The van der Waals surface area contributed by atoms with Crippen molar-refractivity contribution in [1.82, 2.24) is 0 Å². The number of hydrazone groups is 1. The van der Waals surface area contributed by atoms with E-state index in [0.29, 0.717) is 5.69 Å². The lowest BCUT2D eigenvalue weighted by atomic mass is 10.2. The van der Waals surface area contributed by atoms with Gasteiger partial charge in [0.1, 0.15) is 5.75 Å². The van der Waals surface area contributed by atoms with E-state index in [2.05, 4.69) is 10.5 Å². The van der Waals surface area contributed by atoms with Gasteiger partial charge in [-0.25, -0.2) is 4.79 Å². The fourth-order valence-corrected chi connectivity index (χ4v) is 1.67. The van der Waals surface area contributed by atoms with E-state index in [1.54, 1.807) is 25.5 Å². The molecule has 0 unspecified atom stereocenters. The first-order chi connectivity index (χ1) is 9.70. The maximum Gasteiger partial charge on any atom is 0.335 e. The van der Waals surface area contributed by atoms with Crippen LogP contribution >= 0.6 is 0 Å². The van der Waals surface area contributed by atoms with Crippen molar-refractivity contribution in [2.24, 2.45) is 5.10 Å². The number of nitrogens with one attached hydrogen (secondary N) is 1. The smallest absolute Gasteiger partial charge is 0.335 e. The minimum Gasteiger partial charge on any atom is -0.496 e. The number of para-hydroxylation sites is 1. The van der Waals surface area contributed by atoms with Gasteiger partial charge in [-0.2, -0.15) is 5.10 Å². The van der Waals surface area contributed by atoms with Gasteiger partial charge in [0.15, 0.2) is 0 Å². The third kappa shape index (κ3) is 3.35. The monoisotopic (exact) mass is 270 g/mol. The predicted octanol–water partition coefficient (Wildman–Crippen LogP) is 2.84. The van der Waals surface area contributed by atoms with E-state index in [-0.39, 0.29) is 5.56 Å². The minimum absolute atomic E-state index is 0.211. The van der Waals surface area contributed by atoms with E-state index in [1.807, 2.05) is 24.3 Å². The number of methoxy groups -OCH3 is 1. The van der Waals surface area contributed by atoms with Gasteiger partial charge in [0.2, 0.25) is 0 Å². The molecular formula is C15H14N2O3. The van der Waals surface area contributed by atoms with E-state index in [1.165, 1.54) is 12.1 Å². The lowest BCUT2D eigenvalue weighted by Crippen LogP contribution is -1.98. The topological polar surface area (TPSA) is 70.9 Å². The molecule has 0 amide bonds. The lowest BCUT2D eigenvalue weighted by molar-refractivity contribution is 0.0697. The van der Waals surface area contributed by atoms with Gasteiger partial charge in [-0.15, -0.1) is 0 Å². The molecule has 102 valence electrons. The highest BCUT2D eigenvalue weighted by atomic mass is 16.5. The molecule has 5 heteroatoms. The van der Waals surface area contributed by atoms with Gasteiger partial charge < -0.3 is 9.84 Å². The van der Waals surface area contributed by atoms with Gasteiger partial charge in [0.25, 0.3) is 0 Å². The van der Waals surface area contributed by atoms with Crippen LogP contribution in [0.2, 0.25) is 0 Å². The van der Waals surface area contributed by atoms with Gasteiger partial charge in [0, 0.05) is 5.56 Å². The van der Waals surface area contributed by atoms with Crippen molar-refractivity contribution >= 4 is 17.9 Å². The average Bonchev–Trinajstić information content (AvgIpc) is 2.48. The number of carbonyl (C=O) groups is 1. The zero-order valence-corrected chi connectivity index (χ0v) is 10.9. The molecule has 0 saturated heterocycles. The highest BCUT2D eigenvalue weighted by molar-refractivity contribution is 5.89. The molecule has 2 aromatic carbocycles. The molecule has 0 aromatic heterocycles. The molecule has 0 aliphatic rings. The van der Waals surface area contributed by atoms with Crippen LogP contribution in [0, 0.1) is 0 Å². The van der Waals surface area contributed by atoms with Crippen molar-refractivity contribution in [3.63, 3.8) is 0 Å². The Bertz CT molecular complexity index is 639. The Labute approximate surface area is 116 Å². The maximum atomic E-state index is 10.8. The fraction of sp³-hybridized carbons (Fsp3) is 0.0667. The highest BCUT2D eigenvalue weighted by Crippen LogP contribution is 2.15. The standard InChI is InChI=1S/C15H14N2O3/c1-20-14-8-3-2-5-12(14)10-16-17-13-7-4-6-11(9-13)15(18)19/h2-10,17H,1H3,(H,18,19)/b16-10+. The molecule has 20 heavy (non-hydrogen) atoms. The van der Waals surface area contributed by atoms with Crippen molar-refractivity contribution in [2.75, 3.05) is 12.5 Å². The van der Waals surface area contributed by atoms with Crippen molar-refractivity contribution < 1.29 is 14.6 Å². The summed E-state index contributed by atoms with van der Waals surface area (Å²) in [5.74, 6) is -0.250. The Balaban J connectivity index is 2.10. The van der Waals surface area contributed by atoms with Gasteiger partial charge >= 0.3 is 5.97 Å². The number of carboxylic acid groups (broad SMARTS) is 1. The van der Waals surface area contributed by atoms with Crippen molar-refractivity contribution in [1.29, 1.82) is 0 Å². The number of aromatic carboxylic acids is 1. The zero-order valence-electron chi connectivity index (χ0n) is 10.9.